The van der Waals surface area contributed by atoms with Crippen LogP contribution >= 0.6 is 0 Å². The highest BCUT2D eigenvalue weighted by Gasteiger charge is 2.50. The molecule has 0 aromatic rings. The van der Waals surface area contributed by atoms with Crippen LogP contribution in [0.4, 0.5) is 0 Å². The summed E-state index contributed by atoms with van der Waals surface area (Å²) < 4.78 is 6.12. The van der Waals surface area contributed by atoms with Gasteiger partial charge in [0.2, 0.25) is 0 Å². The van der Waals surface area contributed by atoms with Crippen LogP contribution in [-0.2, 0) is 4.74 Å². The molecular formula is C17H30N2O. The van der Waals surface area contributed by atoms with Crippen molar-refractivity contribution < 1.29 is 4.74 Å². The Morgan fingerprint density at radius 3 is 2.65 bits per heavy atom. The van der Waals surface area contributed by atoms with Crippen molar-refractivity contribution >= 4 is 0 Å². The van der Waals surface area contributed by atoms with Gasteiger partial charge in [0.25, 0.3) is 0 Å². The lowest BCUT2D eigenvalue weighted by Gasteiger charge is -2.50. The fraction of sp³-hybridized carbons (Fsp3) is 1.00. The van der Waals surface area contributed by atoms with E-state index in [1.807, 2.05) is 0 Å². The van der Waals surface area contributed by atoms with Crippen LogP contribution in [0.5, 0.6) is 0 Å². The lowest BCUT2D eigenvalue weighted by Crippen LogP contribution is -2.66. The summed E-state index contributed by atoms with van der Waals surface area (Å²) in [7, 11) is 0. The van der Waals surface area contributed by atoms with Crippen molar-refractivity contribution in [2.45, 2.75) is 76.1 Å². The third kappa shape index (κ3) is 2.32. The van der Waals surface area contributed by atoms with Gasteiger partial charge in [-0.15, -0.1) is 0 Å². The second-order valence-electron chi connectivity index (χ2n) is 7.84. The van der Waals surface area contributed by atoms with Crippen LogP contribution in [-0.4, -0.2) is 48.3 Å². The van der Waals surface area contributed by atoms with E-state index in [0.29, 0.717) is 17.7 Å². The van der Waals surface area contributed by atoms with Crippen molar-refractivity contribution in [2.24, 2.45) is 11.8 Å². The molecule has 114 valence electrons. The standard InChI is InChI=1S/C17H30N2O/c1-3-14-10-18-17(2,13-6-7-13)11-19(14)15-8-9-20-16(15)12-4-5-12/h12-16,18H,3-11H2,1-2H3. The largest absolute Gasteiger partial charge is 0.376 e. The van der Waals surface area contributed by atoms with Crippen molar-refractivity contribution in [3.63, 3.8) is 0 Å². The van der Waals surface area contributed by atoms with E-state index >= 15 is 0 Å². The van der Waals surface area contributed by atoms with Crippen molar-refractivity contribution in [1.29, 1.82) is 0 Å². The molecule has 0 radical (unpaired) electrons. The zero-order chi connectivity index (χ0) is 13.7. The predicted octanol–water partition coefficient (Wildman–Crippen LogP) is 2.41. The number of rotatable bonds is 4. The Balaban J connectivity index is 1.52. The van der Waals surface area contributed by atoms with Crippen LogP contribution in [0, 0.1) is 11.8 Å². The van der Waals surface area contributed by atoms with E-state index in [1.54, 1.807) is 0 Å². The lowest BCUT2D eigenvalue weighted by atomic mass is 9.88. The molecule has 4 unspecified atom stereocenters. The summed E-state index contributed by atoms with van der Waals surface area (Å²) in [6.07, 6.45) is 8.75. The fourth-order valence-electron chi connectivity index (χ4n) is 4.62. The number of nitrogens with zero attached hydrogens (tertiary/aromatic N) is 1. The number of nitrogens with one attached hydrogen (secondary N) is 1. The first-order chi connectivity index (χ1) is 9.71. The molecule has 0 spiro atoms. The van der Waals surface area contributed by atoms with Gasteiger partial charge in [0.05, 0.1) is 6.10 Å². The molecule has 2 saturated heterocycles. The minimum Gasteiger partial charge on any atom is -0.376 e. The van der Waals surface area contributed by atoms with E-state index in [9.17, 15) is 0 Å². The van der Waals surface area contributed by atoms with Crippen LogP contribution in [0.1, 0.15) is 52.4 Å². The Hall–Kier alpha value is -0.120. The van der Waals surface area contributed by atoms with Crippen LogP contribution in [0.25, 0.3) is 0 Å². The predicted molar refractivity (Wildman–Crippen MR) is 80.8 cm³/mol. The van der Waals surface area contributed by atoms with E-state index in [4.69, 9.17) is 4.74 Å². The average molecular weight is 278 g/mol. The molecule has 2 saturated carbocycles. The number of hydrogen-bond acceptors (Lipinski definition) is 3. The van der Waals surface area contributed by atoms with Crippen molar-refractivity contribution in [2.75, 3.05) is 19.7 Å². The van der Waals surface area contributed by atoms with E-state index in [2.05, 4.69) is 24.1 Å². The summed E-state index contributed by atoms with van der Waals surface area (Å²) in [6, 6.07) is 1.42. The highest BCUT2D eigenvalue weighted by atomic mass is 16.5. The molecule has 20 heavy (non-hydrogen) atoms. The van der Waals surface area contributed by atoms with Crippen molar-refractivity contribution in [3.05, 3.63) is 0 Å². The third-order valence-corrected chi connectivity index (χ3v) is 6.29. The molecule has 0 bridgehead atoms. The first-order valence-electron chi connectivity index (χ1n) is 8.83. The summed E-state index contributed by atoms with van der Waals surface area (Å²) in [5.74, 6) is 1.80. The number of ether oxygens (including phenoxy) is 1. The smallest absolute Gasteiger partial charge is 0.0759 e. The number of piperazine rings is 1. The molecule has 4 fully saturated rings. The molecule has 4 atom stereocenters. The van der Waals surface area contributed by atoms with Gasteiger partial charge in [-0.25, -0.2) is 0 Å². The molecule has 2 aliphatic carbocycles. The molecule has 2 aliphatic heterocycles. The molecule has 3 nitrogen and oxygen atoms in total. The molecule has 4 rings (SSSR count). The lowest BCUT2D eigenvalue weighted by molar-refractivity contribution is -0.00843. The van der Waals surface area contributed by atoms with Gasteiger partial charge in [0.15, 0.2) is 0 Å². The Morgan fingerprint density at radius 1 is 1.20 bits per heavy atom. The molecule has 4 aliphatic rings. The summed E-state index contributed by atoms with van der Waals surface area (Å²) in [5.41, 5.74) is 0.363. The Morgan fingerprint density at radius 2 is 2.00 bits per heavy atom. The second kappa shape index (κ2) is 4.96. The van der Waals surface area contributed by atoms with Crippen LogP contribution in [0.2, 0.25) is 0 Å². The van der Waals surface area contributed by atoms with E-state index < -0.39 is 0 Å². The Kier molecular flexibility index (Phi) is 3.36. The Bertz CT molecular complexity index is 366. The molecule has 1 N–H and O–H groups in total. The minimum atomic E-state index is 0.363. The Labute approximate surface area is 123 Å². The van der Waals surface area contributed by atoms with Gasteiger partial charge in [-0.1, -0.05) is 6.92 Å². The topological polar surface area (TPSA) is 24.5 Å². The fourth-order valence-corrected chi connectivity index (χ4v) is 4.62. The van der Waals surface area contributed by atoms with E-state index in [-0.39, 0.29) is 0 Å². The maximum Gasteiger partial charge on any atom is 0.0759 e. The summed E-state index contributed by atoms with van der Waals surface area (Å²) in [5, 5.41) is 3.89. The van der Waals surface area contributed by atoms with Crippen molar-refractivity contribution in [3.8, 4) is 0 Å². The molecular weight excluding hydrogens is 248 g/mol. The summed E-state index contributed by atoms with van der Waals surface area (Å²) in [6.45, 7) is 8.23. The van der Waals surface area contributed by atoms with Gasteiger partial charge in [0, 0.05) is 37.3 Å². The number of hydrogen-bond donors (Lipinski definition) is 1. The summed E-state index contributed by atoms with van der Waals surface area (Å²) >= 11 is 0. The van der Waals surface area contributed by atoms with Gasteiger partial charge in [-0.3, -0.25) is 4.90 Å². The van der Waals surface area contributed by atoms with Gasteiger partial charge >= 0.3 is 0 Å². The van der Waals surface area contributed by atoms with Gasteiger partial charge in [-0.05, 0) is 57.3 Å². The molecule has 0 aromatic carbocycles. The van der Waals surface area contributed by atoms with Gasteiger partial charge < -0.3 is 10.1 Å². The maximum absolute atomic E-state index is 6.12. The first kappa shape index (κ1) is 13.5. The van der Waals surface area contributed by atoms with Crippen LogP contribution in [0.3, 0.4) is 0 Å². The second-order valence-corrected chi connectivity index (χ2v) is 7.84. The first-order valence-corrected chi connectivity index (χ1v) is 8.83. The molecule has 0 amide bonds. The molecule has 2 heterocycles. The highest BCUT2D eigenvalue weighted by molar-refractivity contribution is 5.07. The zero-order valence-corrected chi connectivity index (χ0v) is 13.1. The maximum atomic E-state index is 6.12. The minimum absolute atomic E-state index is 0.363. The quantitative estimate of drug-likeness (QED) is 0.854. The van der Waals surface area contributed by atoms with E-state index in [0.717, 1.165) is 24.5 Å². The average Bonchev–Trinajstić information content (AvgIpc) is 3.36. The SMILES string of the molecule is CCC1CNC(C)(C2CC2)CN1C1CCOC1C1CC1. The van der Waals surface area contributed by atoms with E-state index in [1.165, 1.54) is 51.6 Å². The third-order valence-electron chi connectivity index (χ3n) is 6.29. The normalized spacial score (nSPS) is 46.8. The molecule has 0 aromatic heterocycles. The highest BCUT2D eigenvalue weighted by Crippen LogP contribution is 2.45. The zero-order valence-electron chi connectivity index (χ0n) is 13.1. The van der Waals surface area contributed by atoms with Gasteiger partial charge in [-0.2, -0.15) is 0 Å². The molecule has 3 heteroatoms. The van der Waals surface area contributed by atoms with Gasteiger partial charge in [0.1, 0.15) is 0 Å². The van der Waals surface area contributed by atoms with Crippen LogP contribution in [0.15, 0.2) is 0 Å². The van der Waals surface area contributed by atoms with Crippen molar-refractivity contribution in [1.82, 2.24) is 10.2 Å². The monoisotopic (exact) mass is 278 g/mol. The van der Waals surface area contributed by atoms with Crippen LogP contribution < -0.4 is 5.32 Å². The summed E-state index contributed by atoms with van der Waals surface area (Å²) in [4.78, 5) is 2.85.